The smallest absolute Gasteiger partial charge is 0.328 e. The Kier molecular flexibility index (Phi) is 4.05. The molecule has 0 amide bonds. The normalized spacial score (nSPS) is 10.2. The highest BCUT2D eigenvalue weighted by Crippen LogP contribution is 1.87. The van der Waals surface area contributed by atoms with E-state index in [9.17, 15) is 9.59 Å². The Bertz CT molecular complexity index is 416. The summed E-state index contributed by atoms with van der Waals surface area (Å²) in [6, 6.07) is 1.31. The van der Waals surface area contributed by atoms with Gasteiger partial charge in [-0.2, -0.15) is 0 Å². The SMILES string of the molecule is C=C(C)COCCn1c(=O)cc[nH]c1=O. The summed E-state index contributed by atoms with van der Waals surface area (Å²) in [5.74, 6) is 0. The number of nitrogens with one attached hydrogen (secondary N) is 1. The lowest BCUT2D eigenvalue weighted by Crippen LogP contribution is -2.35. The third kappa shape index (κ3) is 3.55. The minimum absolute atomic E-state index is 0.252. The summed E-state index contributed by atoms with van der Waals surface area (Å²) < 4.78 is 6.29. The molecule has 0 spiro atoms. The highest BCUT2D eigenvalue weighted by atomic mass is 16.5. The average molecular weight is 210 g/mol. The van der Waals surface area contributed by atoms with E-state index in [0.29, 0.717) is 13.2 Å². The minimum atomic E-state index is -0.415. The average Bonchev–Trinajstić information content (AvgIpc) is 2.15. The van der Waals surface area contributed by atoms with Gasteiger partial charge in [0, 0.05) is 12.3 Å². The van der Waals surface area contributed by atoms with Crippen molar-refractivity contribution in [2.75, 3.05) is 13.2 Å². The third-order valence-electron chi connectivity index (χ3n) is 1.75. The first-order valence-electron chi connectivity index (χ1n) is 4.62. The summed E-state index contributed by atoms with van der Waals surface area (Å²) in [4.78, 5) is 24.9. The third-order valence-corrected chi connectivity index (χ3v) is 1.75. The van der Waals surface area contributed by atoms with Crippen LogP contribution in [-0.4, -0.2) is 22.8 Å². The van der Waals surface area contributed by atoms with E-state index in [0.717, 1.165) is 10.1 Å². The summed E-state index contributed by atoms with van der Waals surface area (Å²) in [7, 11) is 0. The van der Waals surface area contributed by atoms with Crippen LogP contribution in [0.5, 0.6) is 0 Å². The van der Waals surface area contributed by atoms with Crippen molar-refractivity contribution in [1.29, 1.82) is 0 Å². The van der Waals surface area contributed by atoms with Crippen LogP contribution in [0.25, 0.3) is 0 Å². The Labute approximate surface area is 87.0 Å². The highest BCUT2D eigenvalue weighted by Gasteiger charge is 1.99. The van der Waals surface area contributed by atoms with E-state index in [2.05, 4.69) is 11.6 Å². The summed E-state index contributed by atoms with van der Waals surface area (Å²) in [6.45, 7) is 6.54. The number of H-pyrrole nitrogens is 1. The monoisotopic (exact) mass is 210 g/mol. The Morgan fingerprint density at radius 2 is 2.33 bits per heavy atom. The van der Waals surface area contributed by atoms with Crippen LogP contribution in [0.4, 0.5) is 0 Å². The molecule has 0 saturated carbocycles. The first-order valence-corrected chi connectivity index (χ1v) is 4.62. The summed E-state index contributed by atoms with van der Waals surface area (Å²) in [5.41, 5.74) is 0.170. The fourth-order valence-electron chi connectivity index (χ4n) is 1.07. The summed E-state index contributed by atoms with van der Waals surface area (Å²) >= 11 is 0. The fourth-order valence-corrected chi connectivity index (χ4v) is 1.07. The molecule has 82 valence electrons. The van der Waals surface area contributed by atoms with Crippen molar-refractivity contribution in [2.45, 2.75) is 13.5 Å². The molecule has 1 heterocycles. The molecule has 0 unspecified atom stereocenters. The molecule has 1 N–H and O–H groups in total. The topological polar surface area (TPSA) is 64.1 Å². The Hall–Kier alpha value is -1.62. The molecule has 0 aliphatic carbocycles. The summed E-state index contributed by atoms with van der Waals surface area (Å²) in [5, 5.41) is 0. The molecular weight excluding hydrogens is 196 g/mol. The standard InChI is InChI=1S/C10H14N2O3/c1-8(2)7-15-6-5-12-9(13)3-4-11-10(12)14/h3-4H,1,5-7H2,2H3,(H,11,14). The first-order chi connectivity index (χ1) is 7.11. The van der Waals surface area contributed by atoms with E-state index in [1.54, 1.807) is 0 Å². The molecule has 0 radical (unpaired) electrons. The number of aromatic nitrogens is 2. The molecule has 5 heteroatoms. The van der Waals surface area contributed by atoms with Gasteiger partial charge in [0.15, 0.2) is 0 Å². The van der Waals surface area contributed by atoms with Crippen molar-refractivity contribution >= 4 is 0 Å². The van der Waals surface area contributed by atoms with Crippen LogP contribution in [-0.2, 0) is 11.3 Å². The number of hydrogen-bond acceptors (Lipinski definition) is 3. The number of rotatable bonds is 5. The molecule has 0 fully saturated rings. The minimum Gasteiger partial charge on any atom is -0.375 e. The van der Waals surface area contributed by atoms with Crippen molar-refractivity contribution in [3.05, 3.63) is 45.3 Å². The van der Waals surface area contributed by atoms with Crippen LogP contribution in [0, 0.1) is 0 Å². The van der Waals surface area contributed by atoms with Crippen molar-refractivity contribution < 1.29 is 4.74 Å². The lowest BCUT2D eigenvalue weighted by Gasteiger charge is -2.04. The van der Waals surface area contributed by atoms with Crippen LogP contribution >= 0.6 is 0 Å². The molecule has 1 aromatic rings. The van der Waals surface area contributed by atoms with Gasteiger partial charge < -0.3 is 9.72 Å². The quantitative estimate of drug-likeness (QED) is 0.555. The van der Waals surface area contributed by atoms with Crippen LogP contribution < -0.4 is 11.2 Å². The van der Waals surface area contributed by atoms with Gasteiger partial charge in [0.05, 0.1) is 19.8 Å². The molecule has 5 nitrogen and oxygen atoms in total. The highest BCUT2D eigenvalue weighted by molar-refractivity contribution is 4.87. The van der Waals surface area contributed by atoms with Gasteiger partial charge in [0.1, 0.15) is 0 Å². The molecule has 1 aromatic heterocycles. The Balaban J connectivity index is 2.55. The zero-order valence-corrected chi connectivity index (χ0v) is 8.66. The lowest BCUT2D eigenvalue weighted by molar-refractivity contribution is 0.145. The predicted octanol–water partition coefficient (Wildman–Crippen LogP) is 0.129. The van der Waals surface area contributed by atoms with E-state index < -0.39 is 5.69 Å². The molecule has 0 bridgehead atoms. The van der Waals surface area contributed by atoms with Gasteiger partial charge in [-0.05, 0) is 6.92 Å². The number of ether oxygens (including phenoxy) is 1. The second-order valence-corrected chi connectivity index (χ2v) is 3.28. The maximum Gasteiger partial charge on any atom is 0.328 e. The van der Waals surface area contributed by atoms with Gasteiger partial charge in [-0.1, -0.05) is 12.2 Å². The van der Waals surface area contributed by atoms with E-state index >= 15 is 0 Å². The van der Waals surface area contributed by atoms with Crippen LogP contribution in [0.2, 0.25) is 0 Å². The van der Waals surface area contributed by atoms with Crippen LogP contribution in [0.1, 0.15) is 6.92 Å². The van der Waals surface area contributed by atoms with Crippen LogP contribution in [0.15, 0.2) is 34.0 Å². The maximum atomic E-state index is 11.2. The molecule has 0 aliphatic heterocycles. The summed E-state index contributed by atoms with van der Waals surface area (Å²) in [6.07, 6.45) is 1.33. The maximum absolute atomic E-state index is 11.2. The Morgan fingerprint density at radius 1 is 1.60 bits per heavy atom. The van der Waals surface area contributed by atoms with Gasteiger partial charge in [-0.25, -0.2) is 4.79 Å². The molecule has 0 aliphatic rings. The van der Waals surface area contributed by atoms with Crippen molar-refractivity contribution in [1.82, 2.24) is 9.55 Å². The van der Waals surface area contributed by atoms with Gasteiger partial charge >= 0.3 is 5.69 Å². The molecule has 15 heavy (non-hydrogen) atoms. The predicted molar refractivity (Wildman–Crippen MR) is 57.0 cm³/mol. The zero-order valence-electron chi connectivity index (χ0n) is 8.66. The van der Waals surface area contributed by atoms with Gasteiger partial charge in [0.25, 0.3) is 5.56 Å². The molecular formula is C10H14N2O3. The first kappa shape index (κ1) is 11.5. The van der Waals surface area contributed by atoms with Crippen molar-refractivity contribution in [3.8, 4) is 0 Å². The van der Waals surface area contributed by atoms with Crippen molar-refractivity contribution in [2.24, 2.45) is 0 Å². The van der Waals surface area contributed by atoms with E-state index in [1.807, 2.05) is 6.92 Å². The molecule has 0 atom stereocenters. The van der Waals surface area contributed by atoms with Gasteiger partial charge in [0.2, 0.25) is 0 Å². The van der Waals surface area contributed by atoms with Crippen molar-refractivity contribution in [3.63, 3.8) is 0 Å². The Morgan fingerprint density at radius 3 is 2.93 bits per heavy atom. The largest absolute Gasteiger partial charge is 0.375 e. The van der Waals surface area contributed by atoms with E-state index in [4.69, 9.17) is 4.74 Å². The van der Waals surface area contributed by atoms with Crippen LogP contribution in [0.3, 0.4) is 0 Å². The van der Waals surface area contributed by atoms with Gasteiger partial charge in [-0.3, -0.25) is 9.36 Å². The van der Waals surface area contributed by atoms with E-state index in [1.165, 1.54) is 12.3 Å². The second-order valence-electron chi connectivity index (χ2n) is 3.28. The number of nitrogens with zero attached hydrogens (tertiary/aromatic N) is 1. The molecule has 0 saturated heterocycles. The van der Waals surface area contributed by atoms with Gasteiger partial charge in [-0.15, -0.1) is 0 Å². The second kappa shape index (κ2) is 5.31. The number of hydrogen-bond donors (Lipinski definition) is 1. The van der Waals surface area contributed by atoms with E-state index in [-0.39, 0.29) is 12.1 Å². The molecule has 0 aromatic carbocycles. The number of aromatic amines is 1. The molecule has 1 rings (SSSR count). The fraction of sp³-hybridized carbons (Fsp3) is 0.400. The lowest BCUT2D eigenvalue weighted by atomic mass is 10.4. The zero-order chi connectivity index (χ0) is 11.3.